The van der Waals surface area contributed by atoms with Gasteiger partial charge in [0.05, 0.1) is 10.9 Å². The highest BCUT2D eigenvalue weighted by Crippen LogP contribution is 2.24. The second kappa shape index (κ2) is 10.5. The predicted octanol–water partition coefficient (Wildman–Crippen LogP) is 4.21. The summed E-state index contributed by atoms with van der Waals surface area (Å²) in [7, 11) is -3.78. The summed E-state index contributed by atoms with van der Waals surface area (Å²) in [4.78, 5) is 12.1. The number of nitrogen functional groups attached to an aromatic ring is 1. The number of amides is 1. The maximum absolute atomic E-state index is 12.6. The zero-order valence-electron chi connectivity index (χ0n) is 16.4. The van der Waals surface area contributed by atoms with Crippen molar-refractivity contribution in [1.29, 1.82) is 0 Å². The monoisotopic (exact) mass is 417 g/mol. The molecule has 1 atom stereocenters. The standard InChI is InChI=1S/C21H27N3O4S/c1-3-5-12-20(23-21(25)28-13-4-2)16-8-6-10-18(14-16)24-29(26,27)19-11-7-9-17(22)15-19/h4,6-11,14-15,20,24H,2-3,5,12-13,22H2,1H3,(H,23,25). The van der Waals surface area contributed by atoms with Crippen LogP contribution in [0.5, 0.6) is 0 Å². The number of nitrogens with two attached hydrogens (primary N) is 1. The lowest BCUT2D eigenvalue weighted by Gasteiger charge is -2.20. The van der Waals surface area contributed by atoms with Crippen molar-refractivity contribution in [3.05, 3.63) is 66.7 Å². The van der Waals surface area contributed by atoms with Crippen LogP contribution in [0.25, 0.3) is 0 Å². The van der Waals surface area contributed by atoms with Crippen LogP contribution in [-0.2, 0) is 14.8 Å². The van der Waals surface area contributed by atoms with E-state index in [9.17, 15) is 13.2 Å². The second-order valence-corrected chi connectivity index (χ2v) is 8.21. The Morgan fingerprint density at radius 3 is 2.69 bits per heavy atom. The Kier molecular flexibility index (Phi) is 8.09. The largest absolute Gasteiger partial charge is 0.445 e. The molecular formula is C21H27N3O4S. The van der Waals surface area contributed by atoms with E-state index in [-0.39, 0.29) is 17.5 Å². The minimum Gasteiger partial charge on any atom is -0.445 e. The molecule has 0 bridgehead atoms. The van der Waals surface area contributed by atoms with Crippen molar-refractivity contribution in [3.8, 4) is 0 Å². The molecule has 0 spiro atoms. The average molecular weight is 418 g/mol. The van der Waals surface area contributed by atoms with Crippen LogP contribution in [0.1, 0.15) is 37.8 Å². The highest BCUT2D eigenvalue weighted by molar-refractivity contribution is 7.92. The third kappa shape index (κ3) is 6.83. The summed E-state index contributed by atoms with van der Waals surface area (Å²) >= 11 is 0. The Balaban J connectivity index is 2.22. The predicted molar refractivity (Wildman–Crippen MR) is 115 cm³/mol. The first-order chi connectivity index (χ1) is 13.9. The number of unbranched alkanes of at least 4 members (excludes halogenated alkanes) is 1. The molecule has 0 aliphatic rings. The van der Waals surface area contributed by atoms with Gasteiger partial charge in [-0.15, -0.1) is 0 Å². The van der Waals surface area contributed by atoms with Crippen LogP contribution in [0.3, 0.4) is 0 Å². The van der Waals surface area contributed by atoms with E-state index in [0.717, 1.165) is 18.4 Å². The lowest BCUT2D eigenvalue weighted by Crippen LogP contribution is -2.29. The van der Waals surface area contributed by atoms with Gasteiger partial charge in [0.1, 0.15) is 6.61 Å². The van der Waals surface area contributed by atoms with Crippen molar-refractivity contribution in [3.63, 3.8) is 0 Å². The Labute approximate surface area is 172 Å². The zero-order valence-corrected chi connectivity index (χ0v) is 17.2. The Morgan fingerprint density at radius 2 is 2.00 bits per heavy atom. The molecule has 156 valence electrons. The van der Waals surface area contributed by atoms with Crippen LogP contribution < -0.4 is 15.8 Å². The summed E-state index contributed by atoms with van der Waals surface area (Å²) in [5.41, 5.74) is 7.23. The van der Waals surface area contributed by atoms with Crippen molar-refractivity contribution < 1.29 is 17.9 Å². The van der Waals surface area contributed by atoms with Crippen LogP contribution in [-0.4, -0.2) is 21.1 Å². The van der Waals surface area contributed by atoms with Gasteiger partial charge in [0.15, 0.2) is 0 Å². The van der Waals surface area contributed by atoms with Gasteiger partial charge >= 0.3 is 6.09 Å². The molecule has 8 heteroatoms. The summed E-state index contributed by atoms with van der Waals surface area (Å²) in [5.74, 6) is 0. The minimum absolute atomic E-state index is 0.0802. The molecule has 1 amide bonds. The van der Waals surface area contributed by atoms with Gasteiger partial charge in [0.2, 0.25) is 0 Å². The van der Waals surface area contributed by atoms with Crippen molar-refractivity contribution in [2.24, 2.45) is 0 Å². The molecule has 0 saturated heterocycles. The maximum atomic E-state index is 12.6. The van der Waals surface area contributed by atoms with Gasteiger partial charge < -0.3 is 15.8 Å². The molecule has 0 heterocycles. The molecule has 0 aliphatic heterocycles. The second-order valence-electron chi connectivity index (χ2n) is 6.53. The van der Waals surface area contributed by atoms with E-state index in [1.54, 1.807) is 30.3 Å². The number of ether oxygens (including phenoxy) is 1. The van der Waals surface area contributed by atoms with Gasteiger partial charge in [0, 0.05) is 11.4 Å². The smallest absolute Gasteiger partial charge is 0.407 e. The Morgan fingerprint density at radius 1 is 1.24 bits per heavy atom. The van der Waals surface area contributed by atoms with E-state index in [1.165, 1.54) is 18.2 Å². The van der Waals surface area contributed by atoms with Crippen LogP contribution in [0.2, 0.25) is 0 Å². The molecule has 0 aromatic heterocycles. The Hall–Kier alpha value is -3.00. The third-order valence-electron chi connectivity index (χ3n) is 4.18. The van der Waals surface area contributed by atoms with E-state index in [0.29, 0.717) is 17.8 Å². The van der Waals surface area contributed by atoms with Gasteiger partial charge in [-0.05, 0) is 42.3 Å². The number of hydrogen-bond donors (Lipinski definition) is 3. The van der Waals surface area contributed by atoms with Crippen LogP contribution in [0.15, 0.2) is 66.1 Å². The number of anilines is 2. The van der Waals surface area contributed by atoms with E-state index < -0.39 is 16.1 Å². The number of hydrogen-bond acceptors (Lipinski definition) is 5. The first kappa shape index (κ1) is 22.3. The number of alkyl carbamates (subject to hydrolysis) is 1. The summed E-state index contributed by atoms with van der Waals surface area (Å²) in [5, 5.41) is 2.83. The maximum Gasteiger partial charge on any atom is 0.407 e. The number of rotatable bonds is 10. The molecule has 2 aromatic rings. The number of carbonyl (C=O) groups is 1. The number of benzene rings is 2. The fourth-order valence-corrected chi connectivity index (χ4v) is 3.87. The quantitative estimate of drug-likeness (QED) is 0.396. The van der Waals surface area contributed by atoms with Crippen LogP contribution in [0, 0.1) is 0 Å². The molecular weight excluding hydrogens is 390 g/mol. The normalized spacial score (nSPS) is 12.0. The highest BCUT2D eigenvalue weighted by atomic mass is 32.2. The topological polar surface area (TPSA) is 111 Å². The minimum atomic E-state index is -3.78. The fraction of sp³-hybridized carbons (Fsp3) is 0.286. The molecule has 0 fully saturated rings. The zero-order chi connectivity index (χ0) is 21.3. The number of carbonyl (C=O) groups excluding carboxylic acids is 1. The lowest BCUT2D eigenvalue weighted by atomic mass is 10.0. The molecule has 0 radical (unpaired) electrons. The molecule has 7 nitrogen and oxygen atoms in total. The summed E-state index contributed by atoms with van der Waals surface area (Å²) in [6.07, 6.45) is 3.50. The third-order valence-corrected chi connectivity index (χ3v) is 5.56. The van der Waals surface area contributed by atoms with Gasteiger partial charge in [0.25, 0.3) is 10.0 Å². The lowest BCUT2D eigenvalue weighted by molar-refractivity contribution is 0.153. The fourth-order valence-electron chi connectivity index (χ4n) is 2.76. The van der Waals surface area contributed by atoms with Crippen molar-refractivity contribution in [1.82, 2.24) is 5.32 Å². The summed E-state index contributed by atoms with van der Waals surface area (Å²) in [6.45, 7) is 5.69. The van der Waals surface area contributed by atoms with Gasteiger partial charge in [-0.3, -0.25) is 4.72 Å². The van der Waals surface area contributed by atoms with Gasteiger partial charge in [-0.25, -0.2) is 13.2 Å². The van der Waals surface area contributed by atoms with E-state index >= 15 is 0 Å². The SMILES string of the molecule is C=CCOC(=O)NC(CCCC)c1cccc(NS(=O)(=O)c2cccc(N)c2)c1. The van der Waals surface area contributed by atoms with Crippen molar-refractivity contribution in [2.45, 2.75) is 37.1 Å². The van der Waals surface area contributed by atoms with E-state index in [4.69, 9.17) is 10.5 Å². The van der Waals surface area contributed by atoms with Crippen LogP contribution >= 0.6 is 0 Å². The number of sulfonamides is 1. The molecule has 0 aliphatic carbocycles. The summed E-state index contributed by atoms with van der Waals surface area (Å²) in [6, 6.07) is 12.7. The molecule has 2 aromatic carbocycles. The van der Waals surface area contributed by atoms with Crippen molar-refractivity contribution in [2.75, 3.05) is 17.1 Å². The van der Waals surface area contributed by atoms with Gasteiger partial charge in [-0.1, -0.05) is 50.6 Å². The highest BCUT2D eigenvalue weighted by Gasteiger charge is 2.18. The molecule has 1 unspecified atom stereocenters. The van der Waals surface area contributed by atoms with E-state index in [1.807, 2.05) is 6.07 Å². The first-order valence-corrected chi connectivity index (χ1v) is 10.9. The van der Waals surface area contributed by atoms with Gasteiger partial charge in [-0.2, -0.15) is 0 Å². The van der Waals surface area contributed by atoms with Crippen molar-refractivity contribution >= 4 is 27.5 Å². The first-order valence-electron chi connectivity index (χ1n) is 9.38. The van der Waals surface area contributed by atoms with Crippen LogP contribution in [0.4, 0.5) is 16.2 Å². The molecule has 29 heavy (non-hydrogen) atoms. The summed E-state index contributed by atoms with van der Waals surface area (Å²) < 4.78 is 32.8. The molecule has 0 saturated carbocycles. The van der Waals surface area contributed by atoms with E-state index in [2.05, 4.69) is 23.5 Å². The molecule has 2 rings (SSSR count). The Bertz CT molecular complexity index is 944. The molecule has 4 N–H and O–H groups in total. The average Bonchev–Trinajstić information content (AvgIpc) is 2.69. The number of nitrogens with one attached hydrogen (secondary N) is 2.